The highest BCUT2D eigenvalue weighted by Crippen LogP contribution is 2.23. The summed E-state index contributed by atoms with van der Waals surface area (Å²) < 4.78 is 14.7. The lowest BCUT2D eigenvalue weighted by atomic mass is 10.0. The summed E-state index contributed by atoms with van der Waals surface area (Å²) in [6.07, 6.45) is 1.63. The van der Waals surface area contributed by atoms with Gasteiger partial charge < -0.3 is 4.84 Å². The van der Waals surface area contributed by atoms with Gasteiger partial charge in [0.1, 0.15) is 11.5 Å². The van der Waals surface area contributed by atoms with Crippen molar-refractivity contribution in [3.63, 3.8) is 0 Å². The molecule has 0 saturated carbocycles. The zero-order chi connectivity index (χ0) is 14.8. The molecule has 0 aromatic heterocycles. The third-order valence-electron chi connectivity index (χ3n) is 2.98. The van der Waals surface area contributed by atoms with Crippen LogP contribution in [0.2, 0.25) is 0 Å². The van der Waals surface area contributed by atoms with Gasteiger partial charge in [0, 0.05) is 10.0 Å². The molecular weight excluding hydrogens is 337 g/mol. The monoisotopic (exact) mass is 345 g/mol. The smallest absolute Gasteiger partial charge is 0.312 e. The van der Waals surface area contributed by atoms with Crippen molar-refractivity contribution in [2.75, 3.05) is 0 Å². The van der Waals surface area contributed by atoms with E-state index < -0.39 is 11.8 Å². The molecule has 0 bridgehead atoms. The number of rotatable bonds is 2. The van der Waals surface area contributed by atoms with E-state index in [1.165, 1.54) is 6.07 Å². The van der Waals surface area contributed by atoms with Gasteiger partial charge >= 0.3 is 5.97 Å². The van der Waals surface area contributed by atoms with Gasteiger partial charge in [-0.1, -0.05) is 45.4 Å². The van der Waals surface area contributed by atoms with Crippen LogP contribution >= 0.6 is 15.9 Å². The molecule has 3 nitrogen and oxygen atoms in total. The number of halogens is 2. The molecule has 2 aromatic rings. The van der Waals surface area contributed by atoms with Crippen LogP contribution in [-0.2, 0) is 9.63 Å². The maximum Gasteiger partial charge on any atom is 0.368 e. The van der Waals surface area contributed by atoms with Gasteiger partial charge in [0.25, 0.3) is 0 Å². The first-order chi connectivity index (χ1) is 10.1. The fraction of sp³-hybridized carbons (Fsp3) is 0. The van der Waals surface area contributed by atoms with Gasteiger partial charge in [-0.15, -0.1) is 0 Å². The molecule has 0 unspecified atom stereocenters. The van der Waals surface area contributed by atoms with Crippen LogP contribution in [0.25, 0.3) is 6.08 Å². The van der Waals surface area contributed by atoms with Crippen molar-refractivity contribution in [1.82, 2.24) is 0 Å². The molecule has 104 valence electrons. The summed E-state index contributed by atoms with van der Waals surface area (Å²) in [4.78, 5) is 16.5. The molecular formula is C16H9BrFNO2. The summed E-state index contributed by atoms with van der Waals surface area (Å²) in [6.45, 7) is 0. The Morgan fingerprint density at radius 2 is 1.95 bits per heavy atom. The van der Waals surface area contributed by atoms with Crippen molar-refractivity contribution >= 4 is 33.7 Å². The molecule has 3 rings (SSSR count). The largest absolute Gasteiger partial charge is 0.368 e. The van der Waals surface area contributed by atoms with Gasteiger partial charge in [0.15, 0.2) is 0 Å². The van der Waals surface area contributed by atoms with Crippen molar-refractivity contribution in [1.29, 1.82) is 0 Å². The lowest BCUT2D eigenvalue weighted by Crippen LogP contribution is -2.08. The zero-order valence-electron chi connectivity index (χ0n) is 10.7. The van der Waals surface area contributed by atoms with Gasteiger partial charge in [0.05, 0.1) is 5.57 Å². The number of nitrogens with zero attached hydrogens (tertiary/aromatic N) is 1. The Morgan fingerprint density at radius 3 is 2.71 bits per heavy atom. The topological polar surface area (TPSA) is 38.7 Å². The molecule has 0 saturated heterocycles. The molecule has 0 fully saturated rings. The molecule has 5 heteroatoms. The maximum absolute atomic E-state index is 13.9. The molecule has 1 heterocycles. The zero-order valence-corrected chi connectivity index (χ0v) is 12.3. The van der Waals surface area contributed by atoms with Crippen LogP contribution in [0, 0.1) is 5.82 Å². The minimum atomic E-state index is -0.590. The van der Waals surface area contributed by atoms with Crippen molar-refractivity contribution in [2.24, 2.45) is 5.16 Å². The minimum Gasteiger partial charge on any atom is -0.312 e. The molecule has 1 aliphatic heterocycles. The Labute approximate surface area is 128 Å². The van der Waals surface area contributed by atoms with E-state index in [4.69, 9.17) is 4.84 Å². The van der Waals surface area contributed by atoms with Crippen LogP contribution < -0.4 is 0 Å². The number of hydrogen-bond donors (Lipinski definition) is 0. The number of oxime groups is 1. The van der Waals surface area contributed by atoms with Gasteiger partial charge in [-0.05, 0) is 35.9 Å². The molecule has 0 N–H and O–H groups in total. The van der Waals surface area contributed by atoms with Gasteiger partial charge in [-0.25, -0.2) is 9.18 Å². The summed E-state index contributed by atoms with van der Waals surface area (Å²) in [5.41, 5.74) is 1.48. The third-order valence-corrected chi connectivity index (χ3v) is 3.48. The average molecular weight is 346 g/mol. The predicted octanol–water partition coefficient (Wildman–Crippen LogP) is 3.93. The first-order valence-electron chi connectivity index (χ1n) is 6.17. The fourth-order valence-corrected chi connectivity index (χ4v) is 2.44. The van der Waals surface area contributed by atoms with E-state index in [1.54, 1.807) is 24.3 Å². The van der Waals surface area contributed by atoms with E-state index in [0.717, 1.165) is 10.0 Å². The summed E-state index contributed by atoms with van der Waals surface area (Å²) in [5, 5.41) is 3.69. The first-order valence-corrected chi connectivity index (χ1v) is 6.96. The highest BCUT2D eigenvalue weighted by Gasteiger charge is 2.28. The normalized spacial score (nSPS) is 16.0. The van der Waals surface area contributed by atoms with E-state index >= 15 is 0 Å². The lowest BCUT2D eigenvalue weighted by Gasteiger charge is -2.02. The van der Waals surface area contributed by atoms with Crippen LogP contribution in [-0.4, -0.2) is 11.7 Å². The second-order valence-electron chi connectivity index (χ2n) is 4.41. The molecule has 0 amide bonds. The lowest BCUT2D eigenvalue weighted by molar-refractivity contribution is -0.136. The van der Waals surface area contributed by atoms with Crippen molar-refractivity contribution in [2.45, 2.75) is 0 Å². The van der Waals surface area contributed by atoms with E-state index in [-0.39, 0.29) is 16.8 Å². The Kier molecular flexibility index (Phi) is 3.66. The molecule has 0 aliphatic carbocycles. The van der Waals surface area contributed by atoms with Crippen molar-refractivity contribution < 1.29 is 14.0 Å². The van der Waals surface area contributed by atoms with E-state index in [1.807, 2.05) is 24.3 Å². The summed E-state index contributed by atoms with van der Waals surface area (Å²) in [7, 11) is 0. The van der Waals surface area contributed by atoms with E-state index in [9.17, 15) is 9.18 Å². The van der Waals surface area contributed by atoms with Crippen molar-refractivity contribution in [3.8, 4) is 0 Å². The second-order valence-corrected chi connectivity index (χ2v) is 5.33. The van der Waals surface area contributed by atoms with Crippen LogP contribution in [0.15, 0.2) is 63.7 Å². The maximum atomic E-state index is 13.9. The number of hydrogen-bond acceptors (Lipinski definition) is 3. The number of benzene rings is 2. The average Bonchev–Trinajstić information content (AvgIpc) is 2.81. The number of carbonyl (C=O) groups is 1. The van der Waals surface area contributed by atoms with Crippen LogP contribution in [0.3, 0.4) is 0 Å². The Hall–Kier alpha value is -2.27. The highest BCUT2D eigenvalue weighted by atomic mass is 79.9. The van der Waals surface area contributed by atoms with Crippen LogP contribution in [0.5, 0.6) is 0 Å². The Morgan fingerprint density at radius 1 is 1.14 bits per heavy atom. The fourth-order valence-electron chi connectivity index (χ4n) is 2.02. The summed E-state index contributed by atoms with van der Waals surface area (Å²) in [6, 6.07) is 13.5. The summed E-state index contributed by atoms with van der Waals surface area (Å²) >= 11 is 3.36. The van der Waals surface area contributed by atoms with Gasteiger partial charge in [-0.3, -0.25) is 0 Å². The summed E-state index contributed by atoms with van der Waals surface area (Å²) in [5.74, 6) is -1.04. The molecule has 0 spiro atoms. The Balaban J connectivity index is 2.06. The Bertz CT molecular complexity index is 783. The minimum absolute atomic E-state index is 0.207. The number of carbonyl (C=O) groups excluding carboxylic acids is 1. The molecule has 2 aromatic carbocycles. The predicted molar refractivity (Wildman–Crippen MR) is 81.1 cm³/mol. The first kappa shape index (κ1) is 13.7. The van der Waals surface area contributed by atoms with Gasteiger partial charge in [0.2, 0.25) is 0 Å². The van der Waals surface area contributed by atoms with E-state index in [0.29, 0.717) is 0 Å². The SMILES string of the molecule is O=C1ON=C(c2ccccc2F)/C1=C/c1cccc(Br)c1. The molecule has 0 atom stereocenters. The third kappa shape index (κ3) is 2.78. The quantitative estimate of drug-likeness (QED) is 0.610. The standard InChI is InChI=1S/C16H9BrFNO2/c17-11-5-3-4-10(8-11)9-13-15(19-21-16(13)20)12-6-1-2-7-14(12)18/h1-9H/b13-9-. The molecule has 0 radical (unpaired) electrons. The second kappa shape index (κ2) is 5.61. The highest BCUT2D eigenvalue weighted by molar-refractivity contribution is 9.10. The molecule has 21 heavy (non-hydrogen) atoms. The van der Waals surface area contributed by atoms with Crippen LogP contribution in [0.4, 0.5) is 4.39 Å². The van der Waals surface area contributed by atoms with E-state index in [2.05, 4.69) is 21.1 Å². The van der Waals surface area contributed by atoms with Crippen LogP contribution in [0.1, 0.15) is 11.1 Å². The molecule has 1 aliphatic rings. The van der Waals surface area contributed by atoms with Crippen molar-refractivity contribution in [3.05, 3.63) is 75.5 Å². The van der Waals surface area contributed by atoms with Gasteiger partial charge in [-0.2, -0.15) is 0 Å².